The molecular weight excluding hydrogens is 268 g/mol. The minimum Gasteiger partial charge on any atom is -0.493 e. The topological polar surface area (TPSA) is 9.23 Å². The Hall–Kier alpha value is -0.980. The van der Waals surface area contributed by atoms with Gasteiger partial charge in [0.1, 0.15) is 12.4 Å². The van der Waals surface area contributed by atoms with Crippen LogP contribution < -0.4 is 0 Å². The number of ether oxygens (including phenoxy) is 1. The molecule has 0 aromatic heterocycles. The molecule has 3 aliphatic carbocycles. The first kappa shape index (κ1) is 14.6. The summed E-state index contributed by atoms with van der Waals surface area (Å²) >= 11 is 0. The molecule has 1 nitrogen and oxygen atoms in total. The van der Waals surface area contributed by atoms with Crippen LogP contribution in [0.2, 0.25) is 0 Å². The van der Waals surface area contributed by atoms with Gasteiger partial charge in [-0.15, -0.1) is 6.58 Å². The first-order chi connectivity index (χ1) is 10.7. The lowest BCUT2D eigenvalue weighted by Crippen LogP contribution is -2.48. The number of hydrogen-bond donors (Lipinski definition) is 0. The van der Waals surface area contributed by atoms with E-state index in [9.17, 15) is 0 Å². The second-order valence-corrected chi connectivity index (χ2v) is 8.30. The molecule has 5 atom stereocenters. The Bertz CT molecular complexity index is 516. The van der Waals surface area contributed by atoms with Crippen LogP contribution in [-0.2, 0) is 4.74 Å². The lowest BCUT2D eigenvalue weighted by molar-refractivity contribution is -0.0367. The number of rotatable bonds is 3. The quantitative estimate of drug-likeness (QED) is 0.612. The van der Waals surface area contributed by atoms with E-state index < -0.39 is 0 Å². The molecule has 0 spiro atoms. The van der Waals surface area contributed by atoms with Gasteiger partial charge in [0.15, 0.2) is 0 Å². The summed E-state index contributed by atoms with van der Waals surface area (Å²) in [6.07, 6.45) is 20.3. The summed E-state index contributed by atoms with van der Waals surface area (Å²) in [5.74, 6) is 3.88. The van der Waals surface area contributed by atoms with Crippen LogP contribution in [0.1, 0.15) is 58.3 Å². The van der Waals surface area contributed by atoms with Crippen LogP contribution in [-0.4, -0.2) is 6.61 Å². The lowest BCUT2D eigenvalue weighted by atomic mass is 9.50. The monoisotopic (exact) mass is 298 g/mol. The molecule has 4 rings (SSSR count). The minimum atomic E-state index is 0.175. The summed E-state index contributed by atoms with van der Waals surface area (Å²) in [6.45, 7) is 7.16. The molecule has 0 aromatic carbocycles. The second kappa shape index (κ2) is 5.28. The van der Waals surface area contributed by atoms with Crippen molar-refractivity contribution in [2.24, 2.45) is 28.6 Å². The van der Waals surface area contributed by atoms with Crippen LogP contribution in [0.25, 0.3) is 0 Å². The van der Waals surface area contributed by atoms with Gasteiger partial charge < -0.3 is 4.74 Å². The van der Waals surface area contributed by atoms with Gasteiger partial charge in [-0.05, 0) is 81.1 Å². The standard InChI is InChI=1S/C21H30O/c1-3-4-12-21-13-5-7-18(21)16-8-9-19-20(2,11-6-15-22-19)17(16)10-14-21/h3,6,9,11,16-18H,1,4-5,7-8,10,12-15H2,2H3/t16-,17+,18+,20-,21+/m1/s1. The summed E-state index contributed by atoms with van der Waals surface area (Å²) in [5.41, 5.74) is 0.810. The Balaban J connectivity index is 1.65. The molecule has 0 unspecified atom stereocenters. The van der Waals surface area contributed by atoms with Crippen molar-refractivity contribution in [3.63, 3.8) is 0 Å². The molecule has 0 bridgehead atoms. The molecule has 2 saturated carbocycles. The van der Waals surface area contributed by atoms with Gasteiger partial charge >= 0.3 is 0 Å². The van der Waals surface area contributed by atoms with E-state index >= 15 is 0 Å². The zero-order chi connectivity index (χ0) is 15.2. The molecule has 120 valence electrons. The molecule has 22 heavy (non-hydrogen) atoms. The highest BCUT2D eigenvalue weighted by atomic mass is 16.5. The van der Waals surface area contributed by atoms with E-state index in [0.29, 0.717) is 5.41 Å². The molecule has 0 N–H and O–H groups in total. The van der Waals surface area contributed by atoms with Crippen LogP contribution in [0.3, 0.4) is 0 Å². The molecule has 0 saturated heterocycles. The highest BCUT2D eigenvalue weighted by molar-refractivity contribution is 5.26. The van der Waals surface area contributed by atoms with Gasteiger partial charge in [-0.3, -0.25) is 0 Å². The van der Waals surface area contributed by atoms with Crippen LogP contribution in [0, 0.1) is 28.6 Å². The predicted molar refractivity (Wildman–Crippen MR) is 91.3 cm³/mol. The lowest BCUT2D eigenvalue weighted by Gasteiger charge is -2.55. The fraction of sp³-hybridized carbons (Fsp3) is 0.714. The highest BCUT2D eigenvalue weighted by Gasteiger charge is 2.56. The smallest absolute Gasteiger partial charge is 0.106 e. The third-order valence-electron chi connectivity index (χ3n) is 7.49. The van der Waals surface area contributed by atoms with Crippen molar-refractivity contribution in [2.75, 3.05) is 6.61 Å². The van der Waals surface area contributed by atoms with Gasteiger partial charge in [-0.1, -0.05) is 24.6 Å². The van der Waals surface area contributed by atoms with Crippen LogP contribution >= 0.6 is 0 Å². The van der Waals surface area contributed by atoms with Crippen molar-refractivity contribution < 1.29 is 4.74 Å². The first-order valence-electron chi connectivity index (χ1n) is 9.32. The Morgan fingerprint density at radius 2 is 2.23 bits per heavy atom. The first-order valence-corrected chi connectivity index (χ1v) is 9.32. The summed E-state index contributed by atoms with van der Waals surface area (Å²) < 4.78 is 6.00. The zero-order valence-electron chi connectivity index (χ0n) is 14.0. The van der Waals surface area contributed by atoms with E-state index in [2.05, 4.69) is 37.8 Å². The molecule has 4 aliphatic rings. The average Bonchev–Trinajstić information content (AvgIpc) is 2.96. The summed E-state index contributed by atoms with van der Waals surface area (Å²) in [5, 5.41) is 0. The molecular formula is C21H30O. The molecule has 0 amide bonds. The maximum absolute atomic E-state index is 6.00. The molecule has 0 aromatic rings. The number of allylic oxidation sites excluding steroid dienone is 3. The van der Waals surface area contributed by atoms with E-state index in [4.69, 9.17) is 4.74 Å². The van der Waals surface area contributed by atoms with E-state index in [0.717, 1.165) is 24.4 Å². The van der Waals surface area contributed by atoms with Gasteiger partial charge in [-0.25, -0.2) is 0 Å². The Labute approximate surface area is 135 Å². The van der Waals surface area contributed by atoms with Crippen molar-refractivity contribution >= 4 is 0 Å². The SMILES string of the molecule is C=CCC[C@@]12CCC[C@H]1[C@@H]1CC=C3OCC=C[C@]3(C)[C@H]1CC2. The molecule has 2 fully saturated rings. The highest BCUT2D eigenvalue weighted by Crippen LogP contribution is 2.64. The van der Waals surface area contributed by atoms with E-state index in [1.165, 1.54) is 57.1 Å². The average molecular weight is 298 g/mol. The van der Waals surface area contributed by atoms with Crippen molar-refractivity contribution in [3.05, 3.63) is 36.6 Å². The molecule has 1 aliphatic heterocycles. The molecule has 1 heterocycles. The summed E-state index contributed by atoms with van der Waals surface area (Å²) in [6, 6.07) is 0. The number of fused-ring (bicyclic) bond motifs is 5. The Morgan fingerprint density at radius 3 is 3.09 bits per heavy atom. The minimum absolute atomic E-state index is 0.175. The Morgan fingerprint density at radius 1 is 1.32 bits per heavy atom. The maximum atomic E-state index is 6.00. The summed E-state index contributed by atoms with van der Waals surface area (Å²) in [7, 11) is 0. The van der Waals surface area contributed by atoms with E-state index in [1.807, 2.05) is 0 Å². The summed E-state index contributed by atoms with van der Waals surface area (Å²) in [4.78, 5) is 0. The predicted octanol–water partition coefficient (Wildman–Crippen LogP) is 5.65. The van der Waals surface area contributed by atoms with Crippen molar-refractivity contribution in [1.29, 1.82) is 0 Å². The van der Waals surface area contributed by atoms with Crippen LogP contribution in [0.15, 0.2) is 36.6 Å². The van der Waals surface area contributed by atoms with Crippen molar-refractivity contribution in [3.8, 4) is 0 Å². The van der Waals surface area contributed by atoms with E-state index in [1.54, 1.807) is 0 Å². The fourth-order valence-corrected chi connectivity index (χ4v) is 6.48. The van der Waals surface area contributed by atoms with Gasteiger partial charge in [-0.2, -0.15) is 0 Å². The second-order valence-electron chi connectivity index (χ2n) is 8.30. The zero-order valence-corrected chi connectivity index (χ0v) is 14.0. The van der Waals surface area contributed by atoms with E-state index in [-0.39, 0.29) is 5.41 Å². The van der Waals surface area contributed by atoms with Gasteiger partial charge in [0.25, 0.3) is 0 Å². The van der Waals surface area contributed by atoms with Crippen molar-refractivity contribution in [2.45, 2.75) is 58.3 Å². The van der Waals surface area contributed by atoms with Crippen LogP contribution in [0.5, 0.6) is 0 Å². The normalized spacial score (nSPS) is 46.0. The molecule has 1 heteroatoms. The van der Waals surface area contributed by atoms with Gasteiger partial charge in [0, 0.05) is 5.41 Å². The maximum Gasteiger partial charge on any atom is 0.106 e. The van der Waals surface area contributed by atoms with Gasteiger partial charge in [0.05, 0.1) is 0 Å². The Kier molecular flexibility index (Phi) is 3.51. The number of hydrogen-bond acceptors (Lipinski definition) is 1. The third-order valence-corrected chi connectivity index (χ3v) is 7.49. The molecule has 0 radical (unpaired) electrons. The fourth-order valence-electron chi connectivity index (χ4n) is 6.48. The van der Waals surface area contributed by atoms with Crippen molar-refractivity contribution in [1.82, 2.24) is 0 Å². The largest absolute Gasteiger partial charge is 0.493 e. The third kappa shape index (κ3) is 1.97. The van der Waals surface area contributed by atoms with Gasteiger partial charge in [0.2, 0.25) is 0 Å². The van der Waals surface area contributed by atoms with Crippen LogP contribution in [0.4, 0.5) is 0 Å².